The van der Waals surface area contributed by atoms with Crippen LogP contribution in [-0.2, 0) is 9.53 Å². The summed E-state index contributed by atoms with van der Waals surface area (Å²) in [5.74, 6) is -0.702. The van der Waals surface area contributed by atoms with E-state index in [2.05, 4.69) is 21.2 Å². The Morgan fingerprint density at radius 2 is 2.30 bits per heavy atom. The molecule has 1 aliphatic rings. The summed E-state index contributed by atoms with van der Waals surface area (Å²) in [5, 5.41) is 2.61. The van der Waals surface area contributed by atoms with Crippen LogP contribution in [-0.4, -0.2) is 49.7 Å². The molecule has 0 aromatic heterocycles. The van der Waals surface area contributed by atoms with Gasteiger partial charge in [0.25, 0.3) is 0 Å². The predicted molar refractivity (Wildman–Crippen MR) is 94.4 cm³/mol. The largest absolute Gasteiger partial charge is 0.381 e. The van der Waals surface area contributed by atoms with Gasteiger partial charge in [0.2, 0.25) is 5.91 Å². The smallest absolute Gasteiger partial charge is 0.238 e. The summed E-state index contributed by atoms with van der Waals surface area (Å²) < 4.78 is 19.7. The molecule has 3 N–H and O–H groups in total. The van der Waals surface area contributed by atoms with E-state index in [9.17, 15) is 9.18 Å². The third kappa shape index (κ3) is 5.69. The highest BCUT2D eigenvalue weighted by Gasteiger charge is 2.28. The molecule has 5 nitrogen and oxygen atoms in total. The first-order chi connectivity index (χ1) is 10.5. The molecular weight excluding hydrogens is 389 g/mol. The van der Waals surface area contributed by atoms with E-state index < -0.39 is 5.82 Å². The van der Waals surface area contributed by atoms with Crippen LogP contribution in [0.5, 0.6) is 0 Å². The zero-order chi connectivity index (χ0) is 16.1. The van der Waals surface area contributed by atoms with Crippen molar-refractivity contribution in [3.63, 3.8) is 0 Å². The molecule has 1 saturated heterocycles. The topological polar surface area (TPSA) is 67.6 Å². The Labute approximate surface area is 150 Å². The van der Waals surface area contributed by atoms with Gasteiger partial charge in [0.1, 0.15) is 5.82 Å². The first kappa shape index (κ1) is 20.3. The molecule has 8 heteroatoms. The number of anilines is 1. The molecular formula is C15H22BrClFN3O2. The molecule has 23 heavy (non-hydrogen) atoms. The number of methoxy groups -OCH3 is 1. The first-order valence-electron chi connectivity index (χ1n) is 7.25. The first-order valence-corrected chi connectivity index (χ1v) is 8.04. The Bertz CT molecular complexity index is 535. The molecule has 0 spiro atoms. The zero-order valence-electron chi connectivity index (χ0n) is 12.9. The van der Waals surface area contributed by atoms with Gasteiger partial charge in [-0.25, -0.2) is 4.39 Å². The van der Waals surface area contributed by atoms with Crippen molar-refractivity contribution in [1.29, 1.82) is 0 Å². The summed E-state index contributed by atoms with van der Waals surface area (Å²) in [7, 11) is 1.69. The molecule has 2 unspecified atom stereocenters. The summed E-state index contributed by atoms with van der Waals surface area (Å²) in [4.78, 5) is 14.2. The minimum absolute atomic E-state index is 0. The molecule has 1 heterocycles. The Kier molecular flexibility index (Phi) is 8.42. The zero-order valence-corrected chi connectivity index (χ0v) is 15.3. The maximum Gasteiger partial charge on any atom is 0.238 e. The summed E-state index contributed by atoms with van der Waals surface area (Å²) in [6, 6.07) is 4.65. The number of nitrogens with two attached hydrogens (primary N) is 1. The van der Waals surface area contributed by atoms with Crippen LogP contribution in [0, 0.1) is 5.82 Å². The number of nitrogens with zero attached hydrogens (tertiary/aromatic N) is 1. The number of likely N-dealkylation sites (tertiary alicyclic amines) is 1. The van der Waals surface area contributed by atoms with Crippen molar-refractivity contribution in [2.24, 2.45) is 5.73 Å². The number of carbonyl (C=O) groups excluding carboxylic acids is 1. The Morgan fingerprint density at radius 3 is 2.91 bits per heavy atom. The standard InChI is InChI=1S/C15H21BrFN3O2.ClH/c1-22-12-4-5-20(11(7-12)8-18)9-15(21)19-14-3-2-10(16)6-13(14)17;/h2-3,6,11-12H,4-5,7-9,18H2,1H3,(H,19,21);1H. The average Bonchev–Trinajstić information content (AvgIpc) is 2.50. The van der Waals surface area contributed by atoms with Gasteiger partial charge < -0.3 is 15.8 Å². The normalized spacial score (nSPS) is 21.6. The molecule has 1 aliphatic heterocycles. The van der Waals surface area contributed by atoms with E-state index in [0.29, 0.717) is 11.0 Å². The van der Waals surface area contributed by atoms with Crippen LogP contribution in [0.4, 0.5) is 10.1 Å². The van der Waals surface area contributed by atoms with Gasteiger partial charge in [-0.15, -0.1) is 12.4 Å². The third-order valence-electron chi connectivity index (χ3n) is 3.95. The lowest BCUT2D eigenvalue weighted by molar-refractivity contribution is -0.118. The Balaban J connectivity index is 0.00000264. The van der Waals surface area contributed by atoms with E-state index in [4.69, 9.17) is 10.5 Å². The predicted octanol–water partition coefficient (Wildman–Crippen LogP) is 2.39. The average molecular weight is 411 g/mol. The summed E-state index contributed by atoms with van der Waals surface area (Å²) in [5.41, 5.74) is 5.97. The molecule has 0 aliphatic carbocycles. The molecule has 2 atom stereocenters. The van der Waals surface area contributed by atoms with Crippen LogP contribution in [0.1, 0.15) is 12.8 Å². The van der Waals surface area contributed by atoms with Crippen molar-refractivity contribution in [1.82, 2.24) is 4.90 Å². The number of ether oxygens (including phenoxy) is 1. The minimum Gasteiger partial charge on any atom is -0.381 e. The number of halogens is 3. The van der Waals surface area contributed by atoms with Crippen molar-refractivity contribution < 1.29 is 13.9 Å². The molecule has 1 fully saturated rings. The number of rotatable bonds is 5. The van der Waals surface area contributed by atoms with E-state index >= 15 is 0 Å². The number of hydrogen-bond acceptors (Lipinski definition) is 4. The third-order valence-corrected chi connectivity index (χ3v) is 4.44. The lowest BCUT2D eigenvalue weighted by Crippen LogP contribution is -2.51. The van der Waals surface area contributed by atoms with Crippen molar-refractivity contribution in [2.45, 2.75) is 25.0 Å². The van der Waals surface area contributed by atoms with Crippen LogP contribution in [0.3, 0.4) is 0 Å². The van der Waals surface area contributed by atoms with Crippen molar-refractivity contribution in [3.05, 3.63) is 28.5 Å². The highest BCUT2D eigenvalue weighted by Crippen LogP contribution is 2.21. The van der Waals surface area contributed by atoms with Gasteiger partial charge in [-0.05, 0) is 31.0 Å². The highest BCUT2D eigenvalue weighted by atomic mass is 79.9. The second-order valence-corrected chi connectivity index (χ2v) is 6.33. The van der Waals surface area contributed by atoms with Crippen LogP contribution in [0.15, 0.2) is 22.7 Å². The molecule has 1 amide bonds. The van der Waals surface area contributed by atoms with Crippen LogP contribution in [0.25, 0.3) is 0 Å². The van der Waals surface area contributed by atoms with Gasteiger partial charge in [0.05, 0.1) is 18.3 Å². The number of piperidine rings is 1. The molecule has 1 aromatic rings. The number of carbonyl (C=O) groups is 1. The van der Waals surface area contributed by atoms with E-state index in [1.807, 2.05) is 4.90 Å². The lowest BCUT2D eigenvalue weighted by Gasteiger charge is -2.37. The molecule has 0 radical (unpaired) electrons. The summed E-state index contributed by atoms with van der Waals surface area (Å²) in [6.07, 6.45) is 1.87. The quantitative estimate of drug-likeness (QED) is 0.782. The van der Waals surface area contributed by atoms with Crippen molar-refractivity contribution >= 4 is 39.9 Å². The summed E-state index contributed by atoms with van der Waals surface area (Å²) in [6.45, 7) is 1.42. The molecule has 1 aromatic carbocycles. The lowest BCUT2D eigenvalue weighted by atomic mass is 9.99. The second-order valence-electron chi connectivity index (χ2n) is 5.41. The van der Waals surface area contributed by atoms with Gasteiger partial charge >= 0.3 is 0 Å². The van der Waals surface area contributed by atoms with E-state index in [-0.39, 0.29) is 42.7 Å². The van der Waals surface area contributed by atoms with Crippen molar-refractivity contribution in [3.8, 4) is 0 Å². The van der Waals surface area contributed by atoms with E-state index in [1.165, 1.54) is 12.1 Å². The van der Waals surface area contributed by atoms with Gasteiger partial charge in [-0.2, -0.15) is 0 Å². The fourth-order valence-corrected chi connectivity index (χ4v) is 3.03. The van der Waals surface area contributed by atoms with Gasteiger partial charge in [0, 0.05) is 30.7 Å². The number of benzene rings is 1. The van der Waals surface area contributed by atoms with Crippen LogP contribution >= 0.6 is 28.3 Å². The summed E-state index contributed by atoms with van der Waals surface area (Å²) >= 11 is 3.19. The Hall–Kier alpha value is -0.730. The van der Waals surface area contributed by atoms with Crippen LogP contribution in [0.2, 0.25) is 0 Å². The van der Waals surface area contributed by atoms with Crippen LogP contribution < -0.4 is 11.1 Å². The monoisotopic (exact) mass is 409 g/mol. The minimum atomic E-state index is -0.462. The molecule has 0 saturated carbocycles. The maximum atomic E-state index is 13.7. The molecule has 0 bridgehead atoms. The van der Waals surface area contributed by atoms with E-state index in [1.54, 1.807) is 13.2 Å². The Morgan fingerprint density at radius 1 is 1.57 bits per heavy atom. The molecule has 2 rings (SSSR count). The second kappa shape index (κ2) is 9.54. The molecule has 130 valence electrons. The van der Waals surface area contributed by atoms with Gasteiger partial charge in [-0.1, -0.05) is 15.9 Å². The SMILES string of the molecule is COC1CCN(CC(=O)Nc2ccc(Br)cc2F)C(CN)C1.Cl. The highest BCUT2D eigenvalue weighted by molar-refractivity contribution is 9.10. The number of hydrogen-bond donors (Lipinski definition) is 2. The van der Waals surface area contributed by atoms with Crippen molar-refractivity contribution in [2.75, 3.05) is 32.1 Å². The maximum absolute atomic E-state index is 13.7. The fraction of sp³-hybridized carbons (Fsp3) is 0.533. The van der Waals surface area contributed by atoms with Gasteiger partial charge in [0.15, 0.2) is 0 Å². The van der Waals surface area contributed by atoms with E-state index in [0.717, 1.165) is 19.4 Å². The fourth-order valence-electron chi connectivity index (χ4n) is 2.70. The van der Waals surface area contributed by atoms with Gasteiger partial charge in [-0.3, -0.25) is 9.69 Å². The number of amides is 1. The number of nitrogens with one attached hydrogen (secondary N) is 1.